The molecule has 0 aromatic carbocycles. The normalized spacial score (nSPS) is 12.5. The van der Waals surface area contributed by atoms with Crippen molar-refractivity contribution in [1.82, 2.24) is 14.9 Å². The molecule has 102 valence electrons. The minimum Gasteiger partial charge on any atom is -0.370 e. The van der Waals surface area contributed by atoms with E-state index < -0.39 is 0 Å². The van der Waals surface area contributed by atoms with Gasteiger partial charge in [0.2, 0.25) is 5.95 Å². The minimum absolute atomic E-state index is 0.397. The molecule has 0 aliphatic heterocycles. The molecule has 1 aromatic heterocycles. The van der Waals surface area contributed by atoms with Crippen LogP contribution in [0.15, 0.2) is 12.3 Å². The van der Waals surface area contributed by atoms with E-state index in [4.69, 9.17) is 0 Å². The van der Waals surface area contributed by atoms with E-state index in [0.717, 1.165) is 31.7 Å². The summed E-state index contributed by atoms with van der Waals surface area (Å²) >= 11 is 0. The van der Waals surface area contributed by atoms with Crippen molar-refractivity contribution in [3.05, 3.63) is 12.3 Å². The highest BCUT2D eigenvalue weighted by atomic mass is 15.1. The highest BCUT2D eigenvalue weighted by molar-refractivity contribution is 5.39. The maximum absolute atomic E-state index is 4.43. The van der Waals surface area contributed by atoms with Gasteiger partial charge in [0.1, 0.15) is 5.82 Å². The molecule has 5 heteroatoms. The highest BCUT2D eigenvalue weighted by Gasteiger charge is 2.02. The third-order valence-corrected chi connectivity index (χ3v) is 2.73. The van der Waals surface area contributed by atoms with Crippen molar-refractivity contribution in [2.45, 2.75) is 32.7 Å². The Morgan fingerprint density at radius 2 is 2.17 bits per heavy atom. The third-order valence-electron chi connectivity index (χ3n) is 2.73. The van der Waals surface area contributed by atoms with E-state index in [1.54, 1.807) is 6.20 Å². The first-order chi connectivity index (χ1) is 8.61. The highest BCUT2D eigenvalue weighted by Crippen LogP contribution is 2.07. The fourth-order valence-corrected chi connectivity index (χ4v) is 1.46. The topological polar surface area (TPSA) is 53.1 Å². The number of nitrogens with zero attached hydrogens (tertiary/aromatic N) is 3. The van der Waals surface area contributed by atoms with E-state index in [1.165, 1.54) is 0 Å². The molecular weight excluding hydrogens is 226 g/mol. The van der Waals surface area contributed by atoms with E-state index in [-0.39, 0.29) is 0 Å². The van der Waals surface area contributed by atoms with Crippen LogP contribution in [0.5, 0.6) is 0 Å². The van der Waals surface area contributed by atoms with Crippen molar-refractivity contribution in [1.29, 1.82) is 0 Å². The summed E-state index contributed by atoms with van der Waals surface area (Å²) in [7, 11) is 4.16. The SMILES string of the molecule is CCC(C)Nc1nccc(NCCCN(C)C)n1. The van der Waals surface area contributed by atoms with Gasteiger partial charge in [-0.1, -0.05) is 6.92 Å². The standard InChI is InChI=1S/C13H25N5/c1-5-11(2)16-13-15-9-7-12(17-13)14-8-6-10-18(3)4/h7,9,11H,5-6,8,10H2,1-4H3,(H2,14,15,16,17). The van der Waals surface area contributed by atoms with Gasteiger partial charge in [0.05, 0.1) is 0 Å². The van der Waals surface area contributed by atoms with Gasteiger partial charge in [-0.15, -0.1) is 0 Å². The minimum atomic E-state index is 0.397. The lowest BCUT2D eigenvalue weighted by Crippen LogP contribution is -2.18. The molecule has 2 N–H and O–H groups in total. The quantitative estimate of drug-likeness (QED) is 0.693. The summed E-state index contributed by atoms with van der Waals surface area (Å²) in [5.74, 6) is 1.58. The maximum atomic E-state index is 4.43. The van der Waals surface area contributed by atoms with Gasteiger partial charge in [-0.2, -0.15) is 4.98 Å². The number of rotatable bonds is 8. The van der Waals surface area contributed by atoms with E-state index in [1.807, 2.05) is 6.07 Å². The molecule has 18 heavy (non-hydrogen) atoms. The van der Waals surface area contributed by atoms with Crippen LogP contribution in [0.1, 0.15) is 26.7 Å². The van der Waals surface area contributed by atoms with Crippen LogP contribution in [-0.2, 0) is 0 Å². The van der Waals surface area contributed by atoms with Crippen LogP contribution < -0.4 is 10.6 Å². The van der Waals surface area contributed by atoms with Crippen LogP contribution >= 0.6 is 0 Å². The Labute approximate surface area is 110 Å². The number of anilines is 2. The molecule has 0 saturated heterocycles. The Balaban J connectivity index is 2.39. The van der Waals surface area contributed by atoms with E-state index in [0.29, 0.717) is 12.0 Å². The van der Waals surface area contributed by atoms with Gasteiger partial charge in [0, 0.05) is 18.8 Å². The monoisotopic (exact) mass is 251 g/mol. The first-order valence-electron chi connectivity index (χ1n) is 6.60. The first-order valence-corrected chi connectivity index (χ1v) is 6.60. The van der Waals surface area contributed by atoms with Gasteiger partial charge in [-0.3, -0.25) is 0 Å². The molecule has 0 saturated carbocycles. The summed E-state index contributed by atoms with van der Waals surface area (Å²) < 4.78 is 0. The fourth-order valence-electron chi connectivity index (χ4n) is 1.46. The predicted octanol–water partition coefficient (Wildman–Crippen LogP) is 2.05. The van der Waals surface area contributed by atoms with E-state index in [9.17, 15) is 0 Å². The lowest BCUT2D eigenvalue weighted by atomic mass is 10.3. The zero-order valence-corrected chi connectivity index (χ0v) is 11.9. The van der Waals surface area contributed by atoms with Crippen LogP contribution in [0.3, 0.4) is 0 Å². The summed E-state index contributed by atoms with van der Waals surface area (Å²) in [6.45, 7) is 6.27. The van der Waals surface area contributed by atoms with Crippen molar-refractivity contribution < 1.29 is 0 Å². The second kappa shape index (κ2) is 7.87. The number of hydrogen-bond acceptors (Lipinski definition) is 5. The smallest absolute Gasteiger partial charge is 0.224 e. The number of aromatic nitrogens is 2. The molecule has 1 heterocycles. The van der Waals surface area contributed by atoms with Gasteiger partial charge in [0.25, 0.3) is 0 Å². The van der Waals surface area contributed by atoms with E-state index >= 15 is 0 Å². The lowest BCUT2D eigenvalue weighted by Gasteiger charge is -2.13. The number of nitrogens with one attached hydrogen (secondary N) is 2. The Morgan fingerprint density at radius 1 is 1.39 bits per heavy atom. The van der Waals surface area contributed by atoms with Crippen LogP contribution in [0.2, 0.25) is 0 Å². The summed E-state index contributed by atoms with van der Waals surface area (Å²) in [6, 6.07) is 2.30. The van der Waals surface area contributed by atoms with Crippen molar-refractivity contribution in [3.63, 3.8) is 0 Å². The average molecular weight is 251 g/mol. The van der Waals surface area contributed by atoms with Gasteiger partial charge in [-0.05, 0) is 46.5 Å². The van der Waals surface area contributed by atoms with Crippen LogP contribution in [-0.4, -0.2) is 48.1 Å². The molecule has 0 spiro atoms. The van der Waals surface area contributed by atoms with Gasteiger partial charge < -0.3 is 15.5 Å². The molecular formula is C13H25N5. The molecule has 1 aromatic rings. The van der Waals surface area contributed by atoms with Gasteiger partial charge >= 0.3 is 0 Å². The molecule has 1 atom stereocenters. The molecule has 0 radical (unpaired) electrons. The summed E-state index contributed by atoms with van der Waals surface area (Å²) in [4.78, 5) is 10.8. The predicted molar refractivity (Wildman–Crippen MR) is 77.1 cm³/mol. The van der Waals surface area contributed by atoms with Crippen LogP contribution in [0.25, 0.3) is 0 Å². The van der Waals surface area contributed by atoms with Crippen molar-refractivity contribution in [3.8, 4) is 0 Å². The number of hydrogen-bond donors (Lipinski definition) is 2. The maximum Gasteiger partial charge on any atom is 0.224 e. The fraction of sp³-hybridized carbons (Fsp3) is 0.692. The largest absolute Gasteiger partial charge is 0.370 e. The average Bonchev–Trinajstić information content (AvgIpc) is 2.35. The van der Waals surface area contributed by atoms with E-state index in [2.05, 4.69) is 53.4 Å². The van der Waals surface area contributed by atoms with Crippen LogP contribution in [0.4, 0.5) is 11.8 Å². The van der Waals surface area contributed by atoms with Crippen molar-refractivity contribution >= 4 is 11.8 Å². The van der Waals surface area contributed by atoms with Crippen molar-refractivity contribution in [2.24, 2.45) is 0 Å². The first kappa shape index (κ1) is 14.7. The van der Waals surface area contributed by atoms with Gasteiger partial charge in [-0.25, -0.2) is 4.98 Å². The summed E-state index contributed by atoms with van der Waals surface area (Å²) in [6.07, 6.45) is 3.95. The molecule has 0 bridgehead atoms. The second-order valence-corrected chi connectivity index (χ2v) is 4.80. The zero-order chi connectivity index (χ0) is 13.4. The summed E-state index contributed by atoms with van der Waals surface area (Å²) in [5, 5.41) is 6.58. The Hall–Kier alpha value is -1.36. The molecule has 1 unspecified atom stereocenters. The second-order valence-electron chi connectivity index (χ2n) is 4.80. The Bertz CT molecular complexity index is 340. The zero-order valence-electron chi connectivity index (χ0n) is 11.9. The van der Waals surface area contributed by atoms with Gasteiger partial charge in [0.15, 0.2) is 0 Å². The summed E-state index contributed by atoms with van der Waals surface area (Å²) in [5.41, 5.74) is 0. The molecule has 5 nitrogen and oxygen atoms in total. The molecule has 1 rings (SSSR count). The molecule has 0 aliphatic rings. The molecule has 0 amide bonds. The lowest BCUT2D eigenvalue weighted by molar-refractivity contribution is 0.405. The Kier molecular flexibility index (Phi) is 6.43. The molecule has 0 aliphatic carbocycles. The van der Waals surface area contributed by atoms with Crippen LogP contribution in [0, 0.1) is 0 Å². The van der Waals surface area contributed by atoms with Crippen molar-refractivity contribution in [2.75, 3.05) is 37.8 Å². The third kappa shape index (κ3) is 5.82. The Morgan fingerprint density at radius 3 is 2.83 bits per heavy atom. The molecule has 0 fully saturated rings.